The topological polar surface area (TPSA) is 76.9 Å². The van der Waals surface area contributed by atoms with E-state index in [-0.39, 0.29) is 36.4 Å². The van der Waals surface area contributed by atoms with E-state index in [2.05, 4.69) is 9.72 Å². The fraction of sp³-hybridized carbons (Fsp3) is 0.250. The molecule has 3 rings (SSSR count). The molecule has 212 valence electrons. The molecule has 2 amide bonds. The van der Waals surface area contributed by atoms with Crippen molar-refractivity contribution >= 4 is 29.7 Å². The summed E-state index contributed by atoms with van der Waals surface area (Å²) >= 11 is 6.03. The van der Waals surface area contributed by atoms with Crippen LogP contribution in [0.25, 0.3) is 0 Å². The number of ether oxygens (including phenoxy) is 2. The van der Waals surface area contributed by atoms with Gasteiger partial charge in [-0.25, -0.2) is 0 Å². The van der Waals surface area contributed by atoms with E-state index >= 15 is 0 Å². The van der Waals surface area contributed by atoms with Gasteiger partial charge in [-0.1, -0.05) is 53.6 Å². The van der Waals surface area contributed by atoms with Gasteiger partial charge in [0.1, 0.15) is 11.5 Å². The number of anilines is 1. The molecule has 0 saturated carbocycles. The van der Waals surface area contributed by atoms with Gasteiger partial charge in [-0.2, -0.15) is 4.98 Å². The van der Waals surface area contributed by atoms with E-state index in [1.54, 1.807) is 38.4 Å². The molecule has 40 heavy (non-hydrogen) atoms. The molecule has 1 heterocycles. The van der Waals surface area contributed by atoms with E-state index in [1.807, 2.05) is 32.1 Å². The van der Waals surface area contributed by atoms with Gasteiger partial charge in [-0.15, -0.1) is 13.2 Å². The van der Waals surface area contributed by atoms with Crippen molar-refractivity contribution in [1.29, 1.82) is 0 Å². The number of rotatable bonds is 11. The lowest BCUT2D eigenvalue weighted by Gasteiger charge is -2.19. The minimum Gasteiger partial charge on any atom is -0.425 e. The first-order valence-electron chi connectivity index (χ1n) is 12.0. The molecular weight excluding hydrogens is 549 g/mol. The summed E-state index contributed by atoms with van der Waals surface area (Å²) in [6, 6.07) is 11.6. The second kappa shape index (κ2) is 13.2. The number of carbonyl (C=O) groups is 2. The van der Waals surface area contributed by atoms with Crippen molar-refractivity contribution < 1.29 is 32.2 Å². The van der Waals surface area contributed by atoms with Crippen LogP contribution in [-0.4, -0.2) is 53.8 Å². The highest BCUT2D eigenvalue weighted by molar-refractivity contribution is 6.30. The van der Waals surface area contributed by atoms with E-state index in [0.717, 1.165) is 23.3 Å². The molecule has 0 fully saturated rings. The fourth-order valence-corrected chi connectivity index (χ4v) is 3.75. The number of halogens is 4. The zero-order valence-corrected chi connectivity index (χ0v) is 23.0. The molecule has 3 aromatic rings. The molecule has 2 aromatic carbocycles. The Bertz CT molecular complexity index is 1400. The zero-order valence-electron chi connectivity index (χ0n) is 22.3. The lowest BCUT2D eigenvalue weighted by atomic mass is 10.2. The van der Waals surface area contributed by atoms with Gasteiger partial charge in [0.25, 0.3) is 5.91 Å². The first-order chi connectivity index (χ1) is 18.9. The Balaban J connectivity index is 2.18. The maximum absolute atomic E-state index is 13.5. The maximum atomic E-state index is 13.5. The largest absolute Gasteiger partial charge is 0.573 e. The smallest absolute Gasteiger partial charge is 0.425 e. The van der Waals surface area contributed by atoms with Crippen molar-refractivity contribution in [3.8, 4) is 17.5 Å². The van der Waals surface area contributed by atoms with Crippen LogP contribution in [-0.2, 0) is 11.3 Å². The van der Waals surface area contributed by atoms with Crippen molar-refractivity contribution in [3.63, 3.8) is 0 Å². The van der Waals surface area contributed by atoms with Gasteiger partial charge in [0.05, 0.1) is 6.54 Å². The number of hydrogen-bond donors (Lipinski definition) is 0. The molecule has 12 heteroatoms. The number of alkyl halides is 3. The summed E-state index contributed by atoms with van der Waals surface area (Å²) in [4.78, 5) is 32.8. The lowest BCUT2D eigenvalue weighted by molar-refractivity contribution is -0.274. The van der Waals surface area contributed by atoms with E-state index in [9.17, 15) is 22.8 Å². The van der Waals surface area contributed by atoms with E-state index < -0.39 is 18.0 Å². The summed E-state index contributed by atoms with van der Waals surface area (Å²) in [7, 11) is 3.10. The normalized spacial score (nSPS) is 11.9. The molecule has 8 nitrogen and oxygen atoms in total. The van der Waals surface area contributed by atoms with Crippen LogP contribution in [0.4, 0.5) is 19.0 Å². The van der Waals surface area contributed by atoms with Crippen LogP contribution in [0, 0.1) is 0 Å². The minimum atomic E-state index is -4.90. The van der Waals surface area contributed by atoms with Gasteiger partial charge in [-0.3, -0.25) is 19.1 Å². The number of nitrogens with zero attached hydrogens (tertiary/aromatic N) is 4. The Labute approximate surface area is 234 Å². The molecule has 0 aliphatic heterocycles. The van der Waals surface area contributed by atoms with Crippen molar-refractivity contribution in [1.82, 2.24) is 14.5 Å². The van der Waals surface area contributed by atoms with Crippen LogP contribution in [0.3, 0.4) is 0 Å². The van der Waals surface area contributed by atoms with Gasteiger partial charge in [-0.05, 0) is 43.7 Å². The summed E-state index contributed by atoms with van der Waals surface area (Å²) in [5.74, 6) is -0.970. The Kier molecular flexibility index (Phi) is 10.0. The van der Waals surface area contributed by atoms with E-state index in [1.165, 1.54) is 26.5 Å². The van der Waals surface area contributed by atoms with Gasteiger partial charge in [0, 0.05) is 31.7 Å². The monoisotopic (exact) mass is 576 g/mol. The second-order valence-electron chi connectivity index (χ2n) is 8.88. The maximum Gasteiger partial charge on any atom is 0.573 e. The van der Waals surface area contributed by atoms with Crippen molar-refractivity contribution in [2.45, 2.75) is 26.8 Å². The fourth-order valence-electron chi connectivity index (χ4n) is 3.62. The molecular formula is C28H28ClF3N4O4. The predicted molar refractivity (Wildman–Crippen MR) is 146 cm³/mol. The Morgan fingerprint density at radius 3 is 2.40 bits per heavy atom. The van der Waals surface area contributed by atoms with Crippen LogP contribution in [0.15, 0.2) is 72.3 Å². The van der Waals surface area contributed by atoms with Crippen LogP contribution < -0.4 is 14.4 Å². The summed E-state index contributed by atoms with van der Waals surface area (Å²) in [5.41, 5.74) is 1.57. The summed E-state index contributed by atoms with van der Waals surface area (Å²) in [5, 5.41) is 0.508. The van der Waals surface area contributed by atoms with Gasteiger partial charge < -0.3 is 14.4 Å². The van der Waals surface area contributed by atoms with Crippen LogP contribution in [0.5, 0.6) is 17.5 Å². The third-order valence-corrected chi connectivity index (χ3v) is 5.67. The molecule has 0 atom stereocenters. The van der Waals surface area contributed by atoms with Crippen LogP contribution in [0.1, 0.15) is 29.9 Å². The van der Waals surface area contributed by atoms with Gasteiger partial charge >= 0.3 is 12.4 Å². The van der Waals surface area contributed by atoms with Gasteiger partial charge in [0.2, 0.25) is 6.41 Å². The van der Waals surface area contributed by atoms with Crippen molar-refractivity contribution in [3.05, 3.63) is 88.6 Å². The second-order valence-corrected chi connectivity index (χ2v) is 9.31. The van der Waals surface area contributed by atoms with Crippen LogP contribution >= 0.6 is 11.6 Å². The molecule has 0 saturated heterocycles. The Morgan fingerprint density at radius 1 is 1.12 bits per heavy atom. The number of aromatic nitrogens is 2. The Morgan fingerprint density at radius 2 is 1.80 bits per heavy atom. The molecule has 0 unspecified atom stereocenters. The number of amides is 2. The highest BCUT2D eigenvalue weighted by Crippen LogP contribution is 2.33. The summed E-state index contributed by atoms with van der Waals surface area (Å²) < 4.78 is 49.7. The molecule has 0 aliphatic carbocycles. The molecule has 0 aliphatic rings. The first kappa shape index (κ1) is 30.3. The predicted octanol–water partition coefficient (Wildman–Crippen LogP) is 6.46. The molecule has 0 radical (unpaired) electrons. The quantitative estimate of drug-likeness (QED) is 0.193. The SMILES string of the molecule is C/C=C\C=C(/C)CN(C=O)c1nc(Oc2cccc(OC(F)(F)F)c2)n(Cc2ccc(Cl)cc2)c1C(=O)N(C)C. The number of hydrogen-bond acceptors (Lipinski definition) is 5. The highest BCUT2D eigenvalue weighted by Gasteiger charge is 2.32. The number of benzene rings is 2. The van der Waals surface area contributed by atoms with Crippen molar-refractivity contribution in [2.24, 2.45) is 0 Å². The van der Waals surface area contributed by atoms with E-state index in [0.29, 0.717) is 11.4 Å². The average Bonchev–Trinajstić information content (AvgIpc) is 3.23. The number of carbonyl (C=O) groups excluding carboxylic acids is 2. The highest BCUT2D eigenvalue weighted by atomic mass is 35.5. The molecule has 0 bridgehead atoms. The lowest BCUT2D eigenvalue weighted by Crippen LogP contribution is -2.30. The zero-order chi connectivity index (χ0) is 29.4. The summed E-state index contributed by atoms with van der Waals surface area (Å²) in [6.45, 7) is 3.87. The minimum absolute atomic E-state index is 0.0218. The van der Waals surface area contributed by atoms with E-state index in [4.69, 9.17) is 16.3 Å². The number of allylic oxidation sites excluding steroid dienone is 3. The average molecular weight is 577 g/mol. The first-order valence-corrected chi connectivity index (χ1v) is 12.4. The van der Waals surface area contributed by atoms with Gasteiger partial charge in [0.15, 0.2) is 11.5 Å². The number of imidazole rings is 1. The molecule has 0 spiro atoms. The summed E-state index contributed by atoms with van der Waals surface area (Å²) in [6.07, 6.45) is 1.12. The molecule has 1 aromatic heterocycles. The Hall–Kier alpha value is -4.25. The standard InChI is InChI=1S/C28H28ClF3N4O4/c1-5-6-8-19(2)16-35(18-37)25-24(26(38)34(3)4)36(17-20-11-13-21(29)14-12-20)27(33-25)39-22-9-7-10-23(15-22)40-28(30,31)32/h5-15,18H,16-17H2,1-4H3/b6-5-,19-8+. The molecule has 0 N–H and O–H groups in total. The third-order valence-electron chi connectivity index (χ3n) is 5.42. The third kappa shape index (κ3) is 8.12. The van der Waals surface area contributed by atoms with Crippen LogP contribution in [0.2, 0.25) is 5.02 Å². The van der Waals surface area contributed by atoms with Crippen molar-refractivity contribution in [2.75, 3.05) is 25.5 Å².